The second-order valence-electron chi connectivity index (χ2n) is 4.14. The van der Waals surface area contributed by atoms with Crippen molar-refractivity contribution >= 4 is 17.2 Å². The molecule has 1 N–H and O–H groups in total. The van der Waals surface area contributed by atoms with E-state index in [1.54, 1.807) is 0 Å². The highest BCUT2D eigenvalue weighted by atomic mass is 32.1. The molecule has 0 radical (unpaired) electrons. The van der Waals surface area contributed by atoms with Crippen molar-refractivity contribution < 1.29 is 9.90 Å². The van der Waals surface area contributed by atoms with Gasteiger partial charge < -0.3 is 10.0 Å². The van der Waals surface area contributed by atoms with Crippen molar-refractivity contribution in [3.05, 3.63) is 22.4 Å². The third kappa shape index (κ3) is 2.44. The molecule has 3 nitrogen and oxygen atoms in total. The molecule has 0 atom stereocenters. The van der Waals surface area contributed by atoms with Crippen LogP contribution in [0.2, 0.25) is 0 Å². The minimum Gasteiger partial charge on any atom is -0.396 e. The van der Waals surface area contributed by atoms with Crippen LogP contribution in [0.4, 0.5) is 0 Å². The van der Waals surface area contributed by atoms with Gasteiger partial charge in [-0.25, -0.2) is 0 Å². The molecule has 4 heteroatoms. The number of hydrogen-bond donors (Lipinski definition) is 1. The van der Waals surface area contributed by atoms with Crippen LogP contribution in [-0.4, -0.2) is 35.1 Å². The summed E-state index contributed by atoms with van der Waals surface area (Å²) in [6, 6.07) is 4.18. The van der Waals surface area contributed by atoms with Gasteiger partial charge in [0.2, 0.25) is 0 Å². The summed E-state index contributed by atoms with van der Waals surface area (Å²) < 4.78 is 0. The molecular weight excluding hydrogens is 222 g/mol. The number of carbonyl (C=O) groups excluding carboxylic acids is 1. The SMILES string of the molecule is O=C(c1cccs1)N(CCCO)C1CCC1. The number of hydrogen-bond acceptors (Lipinski definition) is 3. The summed E-state index contributed by atoms with van der Waals surface area (Å²) in [7, 11) is 0. The molecule has 1 aromatic heterocycles. The average molecular weight is 239 g/mol. The number of carbonyl (C=O) groups is 1. The van der Waals surface area contributed by atoms with Gasteiger partial charge in [-0.1, -0.05) is 6.07 Å². The lowest BCUT2D eigenvalue weighted by atomic mass is 9.91. The summed E-state index contributed by atoms with van der Waals surface area (Å²) in [6.45, 7) is 0.832. The van der Waals surface area contributed by atoms with Crippen molar-refractivity contribution in [1.82, 2.24) is 4.90 Å². The van der Waals surface area contributed by atoms with Crippen LogP contribution in [0.1, 0.15) is 35.4 Å². The Hall–Kier alpha value is -0.870. The van der Waals surface area contributed by atoms with E-state index in [0.29, 0.717) is 19.0 Å². The average Bonchev–Trinajstić information content (AvgIpc) is 2.73. The van der Waals surface area contributed by atoms with Crippen LogP contribution in [0.3, 0.4) is 0 Å². The molecule has 0 spiro atoms. The van der Waals surface area contributed by atoms with Crippen molar-refractivity contribution in [2.45, 2.75) is 31.7 Å². The quantitative estimate of drug-likeness (QED) is 0.855. The van der Waals surface area contributed by atoms with Gasteiger partial charge in [-0.05, 0) is 37.1 Å². The minimum atomic E-state index is 0.133. The minimum absolute atomic E-state index is 0.133. The van der Waals surface area contributed by atoms with Crippen LogP contribution in [0.25, 0.3) is 0 Å². The summed E-state index contributed by atoms with van der Waals surface area (Å²) in [5.41, 5.74) is 0. The summed E-state index contributed by atoms with van der Waals surface area (Å²) in [5.74, 6) is 0.133. The van der Waals surface area contributed by atoms with Gasteiger partial charge in [0.05, 0.1) is 4.88 Å². The summed E-state index contributed by atoms with van der Waals surface area (Å²) in [5, 5.41) is 10.8. The van der Waals surface area contributed by atoms with Gasteiger partial charge >= 0.3 is 0 Å². The molecule has 0 bridgehead atoms. The van der Waals surface area contributed by atoms with Crippen LogP contribution in [0.15, 0.2) is 17.5 Å². The standard InChI is InChI=1S/C12H17NO2S/c14-8-3-7-13(10-4-1-5-10)12(15)11-6-2-9-16-11/h2,6,9-10,14H,1,3-5,7-8H2. The summed E-state index contributed by atoms with van der Waals surface area (Å²) >= 11 is 1.49. The number of thiophene rings is 1. The molecule has 1 heterocycles. The van der Waals surface area contributed by atoms with Gasteiger partial charge in [-0.15, -0.1) is 11.3 Å². The van der Waals surface area contributed by atoms with Crippen LogP contribution >= 0.6 is 11.3 Å². The van der Waals surface area contributed by atoms with Gasteiger partial charge in [0, 0.05) is 19.2 Å². The fourth-order valence-electron chi connectivity index (χ4n) is 1.93. The van der Waals surface area contributed by atoms with Crippen molar-refractivity contribution in [2.75, 3.05) is 13.2 Å². The van der Waals surface area contributed by atoms with E-state index in [1.165, 1.54) is 17.8 Å². The highest BCUT2D eigenvalue weighted by molar-refractivity contribution is 7.12. The van der Waals surface area contributed by atoms with Crippen LogP contribution in [0, 0.1) is 0 Å². The lowest BCUT2D eigenvalue weighted by Crippen LogP contribution is -2.44. The largest absolute Gasteiger partial charge is 0.396 e. The molecule has 0 unspecified atom stereocenters. The molecule has 1 fully saturated rings. The van der Waals surface area contributed by atoms with Crippen molar-refractivity contribution in [3.63, 3.8) is 0 Å². The fraction of sp³-hybridized carbons (Fsp3) is 0.583. The molecule has 2 rings (SSSR count). The number of rotatable bonds is 5. The molecule has 0 aliphatic heterocycles. The Balaban J connectivity index is 2.02. The van der Waals surface area contributed by atoms with Gasteiger partial charge in [0.1, 0.15) is 0 Å². The number of aliphatic hydroxyl groups excluding tert-OH is 1. The van der Waals surface area contributed by atoms with E-state index in [2.05, 4.69) is 0 Å². The molecule has 16 heavy (non-hydrogen) atoms. The van der Waals surface area contributed by atoms with Gasteiger partial charge in [0.15, 0.2) is 0 Å². The topological polar surface area (TPSA) is 40.5 Å². The van der Waals surface area contributed by atoms with Crippen molar-refractivity contribution in [3.8, 4) is 0 Å². The highest BCUT2D eigenvalue weighted by Gasteiger charge is 2.29. The summed E-state index contributed by atoms with van der Waals surface area (Å²) in [6.07, 6.45) is 4.12. The molecule has 0 saturated heterocycles. The van der Waals surface area contributed by atoms with E-state index in [0.717, 1.165) is 17.7 Å². The maximum absolute atomic E-state index is 12.2. The van der Waals surface area contributed by atoms with Crippen LogP contribution in [0.5, 0.6) is 0 Å². The van der Waals surface area contributed by atoms with Crippen LogP contribution < -0.4 is 0 Å². The monoisotopic (exact) mass is 239 g/mol. The van der Waals surface area contributed by atoms with Gasteiger partial charge in [-0.2, -0.15) is 0 Å². The fourth-order valence-corrected chi connectivity index (χ4v) is 2.61. The third-order valence-electron chi connectivity index (χ3n) is 3.07. The van der Waals surface area contributed by atoms with Crippen molar-refractivity contribution in [1.29, 1.82) is 0 Å². The third-order valence-corrected chi connectivity index (χ3v) is 3.92. The lowest BCUT2D eigenvalue weighted by Gasteiger charge is -2.37. The first kappa shape index (κ1) is 11.6. The van der Waals surface area contributed by atoms with Crippen LogP contribution in [-0.2, 0) is 0 Å². The zero-order valence-corrected chi connectivity index (χ0v) is 10.1. The zero-order chi connectivity index (χ0) is 11.4. The Kier molecular flexibility index (Phi) is 3.96. The van der Waals surface area contributed by atoms with E-state index in [1.807, 2.05) is 22.4 Å². The van der Waals surface area contributed by atoms with E-state index in [-0.39, 0.29) is 12.5 Å². The number of nitrogens with zero attached hydrogens (tertiary/aromatic N) is 1. The number of aliphatic hydroxyl groups is 1. The summed E-state index contributed by atoms with van der Waals surface area (Å²) in [4.78, 5) is 14.9. The molecule has 88 valence electrons. The van der Waals surface area contributed by atoms with Gasteiger partial charge in [0.25, 0.3) is 5.91 Å². The molecule has 1 aliphatic rings. The zero-order valence-electron chi connectivity index (χ0n) is 9.26. The second kappa shape index (κ2) is 5.46. The molecule has 1 aliphatic carbocycles. The first-order chi connectivity index (χ1) is 7.83. The van der Waals surface area contributed by atoms with E-state index < -0.39 is 0 Å². The second-order valence-corrected chi connectivity index (χ2v) is 5.09. The molecule has 1 amide bonds. The Labute approximate surface area is 99.7 Å². The molecular formula is C12H17NO2S. The van der Waals surface area contributed by atoms with E-state index >= 15 is 0 Å². The Bertz CT molecular complexity index is 333. The maximum Gasteiger partial charge on any atom is 0.264 e. The Morgan fingerprint density at radius 2 is 2.38 bits per heavy atom. The van der Waals surface area contributed by atoms with Crippen molar-refractivity contribution in [2.24, 2.45) is 0 Å². The molecule has 1 saturated carbocycles. The Morgan fingerprint density at radius 3 is 2.88 bits per heavy atom. The van der Waals surface area contributed by atoms with E-state index in [4.69, 9.17) is 5.11 Å². The highest BCUT2D eigenvalue weighted by Crippen LogP contribution is 2.27. The predicted octanol–water partition coefficient (Wildman–Crippen LogP) is 2.13. The van der Waals surface area contributed by atoms with E-state index in [9.17, 15) is 4.79 Å². The normalized spacial score (nSPS) is 15.8. The Morgan fingerprint density at radius 1 is 1.56 bits per heavy atom. The predicted molar refractivity (Wildman–Crippen MR) is 64.7 cm³/mol. The van der Waals surface area contributed by atoms with Gasteiger partial charge in [-0.3, -0.25) is 4.79 Å². The maximum atomic E-state index is 12.2. The molecule has 0 aromatic carbocycles. The first-order valence-corrected chi connectivity index (χ1v) is 6.66. The molecule has 1 aromatic rings. The number of amides is 1. The smallest absolute Gasteiger partial charge is 0.264 e. The lowest BCUT2D eigenvalue weighted by molar-refractivity contribution is 0.0567. The first-order valence-electron chi connectivity index (χ1n) is 5.78.